The van der Waals surface area contributed by atoms with Gasteiger partial charge >= 0.3 is 0 Å². The molecule has 2 aromatic carbocycles. The molecule has 2 rings (SSSR count). The van der Waals surface area contributed by atoms with Gasteiger partial charge < -0.3 is 15.5 Å². The summed E-state index contributed by atoms with van der Waals surface area (Å²) in [6, 6.07) is 8.35. The normalized spacial score (nSPS) is 10.3. The lowest BCUT2D eigenvalue weighted by molar-refractivity contribution is 0.446. The third kappa shape index (κ3) is 2.84. The lowest BCUT2D eigenvalue weighted by Gasteiger charge is -2.10. The Labute approximate surface area is 108 Å². The van der Waals surface area contributed by atoms with Crippen molar-refractivity contribution in [3.8, 4) is 11.5 Å². The monoisotopic (exact) mass is 267 g/mol. The van der Waals surface area contributed by atoms with Crippen molar-refractivity contribution in [3.05, 3.63) is 52.8 Å². The molecule has 0 heterocycles. The molecule has 0 saturated carbocycles. The van der Waals surface area contributed by atoms with E-state index in [1.54, 1.807) is 6.07 Å². The van der Waals surface area contributed by atoms with Gasteiger partial charge in [-0.3, -0.25) is 0 Å². The van der Waals surface area contributed by atoms with Crippen molar-refractivity contribution in [2.75, 3.05) is 5.32 Å². The Morgan fingerprint density at radius 3 is 2.56 bits per heavy atom. The Morgan fingerprint density at radius 2 is 1.89 bits per heavy atom. The van der Waals surface area contributed by atoms with Gasteiger partial charge in [-0.1, -0.05) is 11.6 Å². The van der Waals surface area contributed by atoms with E-state index >= 15 is 0 Å². The number of hydrogen-bond donors (Lipinski definition) is 3. The molecular weight excluding hydrogens is 257 g/mol. The van der Waals surface area contributed by atoms with Gasteiger partial charge in [-0.2, -0.15) is 0 Å². The van der Waals surface area contributed by atoms with E-state index in [9.17, 15) is 9.50 Å². The first-order valence-electron chi connectivity index (χ1n) is 5.26. The van der Waals surface area contributed by atoms with Crippen molar-refractivity contribution in [1.29, 1.82) is 0 Å². The fourth-order valence-corrected chi connectivity index (χ4v) is 1.76. The highest BCUT2D eigenvalue weighted by Gasteiger charge is 2.05. The van der Waals surface area contributed by atoms with Crippen LogP contribution in [0.1, 0.15) is 5.56 Å². The molecule has 0 amide bonds. The average molecular weight is 268 g/mol. The van der Waals surface area contributed by atoms with E-state index in [2.05, 4.69) is 5.32 Å². The summed E-state index contributed by atoms with van der Waals surface area (Å²) in [5.41, 5.74) is 1.18. The fraction of sp³-hybridized carbons (Fsp3) is 0.0769. The third-order valence-corrected chi connectivity index (χ3v) is 2.78. The van der Waals surface area contributed by atoms with Crippen LogP contribution in [0.15, 0.2) is 36.4 Å². The maximum Gasteiger partial charge on any atom is 0.124 e. The molecule has 5 heteroatoms. The van der Waals surface area contributed by atoms with Crippen LogP contribution >= 0.6 is 11.6 Å². The quantitative estimate of drug-likeness (QED) is 0.798. The van der Waals surface area contributed by atoms with Gasteiger partial charge in [-0.15, -0.1) is 0 Å². The fourth-order valence-electron chi connectivity index (χ4n) is 1.53. The molecule has 2 aromatic rings. The number of nitrogens with one attached hydrogen (secondary N) is 1. The van der Waals surface area contributed by atoms with Crippen LogP contribution in [0.3, 0.4) is 0 Å². The topological polar surface area (TPSA) is 52.5 Å². The van der Waals surface area contributed by atoms with Crippen LogP contribution in [0, 0.1) is 5.82 Å². The molecule has 3 N–H and O–H groups in total. The molecular formula is C13H11ClFNO2. The first-order chi connectivity index (χ1) is 8.56. The minimum absolute atomic E-state index is 0.00364. The number of aromatic hydroxyl groups is 2. The van der Waals surface area contributed by atoms with E-state index in [4.69, 9.17) is 16.7 Å². The molecule has 0 unspecified atom stereocenters. The molecule has 0 atom stereocenters. The van der Waals surface area contributed by atoms with Crippen molar-refractivity contribution >= 4 is 17.3 Å². The average Bonchev–Trinajstić information content (AvgIpc) is 2.30. The second kappa shape index (κ2) is 5.14. The van der Waals surface area contributed by atoms with Crippen LogP contribution in [0.25, 0.3) is 0 Å². The van der Waals surface area contributed by atoms with Gasteiger partial charge in [0, 0.05) is 18.2 Å². The van der Waals surface area contributed by atoms with Gasteiger partial charge in [0.15, 0.2) is 0 Å². The number of phenols is 2. The zero-order valence-corrected chi connectivity index (χ0v) is 10.1. The molecule has 0 aromatic heterocycles. The number of halogens is 2. The highest BCUT2D eigenvalue weighted by atomic mass is 35.5. The van der Waals surface area contributed by atoms with E-state index in [1.807, 2.05) is 0 Å². The molecule has 0 aliphatic rings. The third-order valence-electron chi connectivity index (χ3n) is 2.47. The minimum Gasteiger partial charge on any atom is -0.508 e. The van der Waals surface area contributed by atoms with Gasteiger partial charge in [-0.05, 0) is 30.3 Å². The van der Waals surface area contributed by atoms with Crippen molar-refractivity contribution in [3.63, 3.8) is 0 Å². The summed E-state index contributed by atoms with van der Waals surface area (Å²) in [4.78, 5) is 0. The Morgan fingerprint density at radius 1 is 1.11 bits per heavy atom. The Hall–Kier alpha value is -1.94. The molecule has 94 valence electrons. The summed E-state index contributed by atoms with van der Waals surface area (Å²) in [5.74, 6) is -0.421. The predicted molar refractivity (Wildman–Crippen MR) is 68.5 cm³/mol. The van der Waals surface area contributed by atoms with E-state index < -0.39 is 5.82 Å². The van der Waals surface area contributed by atoms with Gasteiger partial charge in [-0.25, -0.2) is 4.39 Å². The second-order valence-corrected chi connectivity index (χ2v) is 4.20. The molecule has 3 nitrogen and oxygen atoms in total. The Bertz CT molecular complexity index is 523. The number of benzene rings is 2. The minimum atomic E-state index is -0.405. The standard InChI is InChI=1S/C13H11ClFNO2/c14-11-5-9(15)2-4-12(11)16-7-8-1-3-10(17)6-13(8)18/h1-6,16-18H,7H2. The van der Waals surface area contributed by atoms with Crippen LogP contribution < -0.4 is 5.32 Å². The van der Waals surface area contributed by atoms with E-state index in [1.165, 1.54) is 30.3 Å². The lowest BCUT2D eigenvalue weighted by atomic mass is 10.2. The smallest absolute Gasteiger partial charge is 0.124 e. The summed E-state index contributed by atoms with van der Waals surface area (Å²) >= 11 is 5.86. The number of anilines is 1. The summed E-state index contributed by atoms with van der Waals surface area (Å²) < 4.78 is 12.8. The van der Waals surface area contributed by atoms with Crippen molar-refractivity contribution in [2.24, 2.45) is 0 Å². The highest BCUT2D eigenvalue weighted by Crippen LogP contribution is 2.26. The van der Waals surface area contributed by atoms with Crippen molar-refractivity contribution in [1.82, 2.24) is 0 Å². The Balaban J connectivity index is 2.11. The zero-order chi connectivity index (χ0) is 13.1. The summed E-state index contributed by atoms with van der Waals surface area (Å²) in [6.07, 6.45) is 0. The largest absolute Gasteiger partial charge is 0.508 e. The zero-order valence-electron chi connectivity index (χ0n) is 9.32. The molecule has 18 heavy (non-hydrogen) atoms. The highest BCUT2D eigenvalue weighted by molar-refractivity contribution is 6.33. The molecule has 0 saturated heterocycles. The van der Waals surface area contributed by atoms with Gasteiger partial charge in [0.2, 0.25) is 0 Å². The second-order valence-electron chi connectivity index (χ2n) is 3.79. The van der Waals surface area contributed by atoms with Gasteiger partial charge in [0.1, 0.15) is 17.3 Å². The maximum absolute atomic E-state index is 12.8. The van der Waals surface area contributed by atoms with Crippen LogP contribution in [0.4, 0.5) is 10.1 Å². The summed E-state index contributed by atoms with van der Waals surface area (Å²) in [6.45, 7) is 0.317. The summed E-state index contributed by atoms with van der Waals surface area (Å²) in [7, 11) is 0. The van der Waals surface area contributed by atoms with Crippen LogP contribution in [0.2, 0.25) is 5.02 Å². The first-order valence-corrected chi connectivity index (χ1v) is 5.64. The van der Waals surface area contributed by atoms with Crippen molar-refractivity contribution in [2.45, 2.75) is 6.54 Å². The van der Waals surface area contributed by atoms with Crippen LogP contribution in [-0.2, 0) is 6.54 Å². The molecule has 0 aliphatic carbocycles. The SMILES string of the molecule is Oc1ccc(CNc2ccc(F)cc2Cl)c(O)c1. The first kappa shape index (κ1) is 12.5. The van der Waals surface area contributed by atoms with E-state index in [0.717, 1.165) is 0 Å². The lowest BCUT2D eigenvalue weighted by Crippen LogP contribution is -2.00. The molecule has 0 aliphatic heterocycles. The predicted octanol–water partition coefficient (Wildman–Crippen LogP) is 3.50. The van der Waals surface area contributed by atoms with E-state index in [0.29, 0.717) is 17.8 Å². The van der Waals surface area contributed by atoms with Crippen LogP contribution in [-0.4, -0.2) is 10.2 Å². The van der Waals surface area contributed by atoms with Gasteiger partial charge in [0.05, 0.1) is 10.7 Å². The molecule has 0 fully saturated rings. The molecule has 0 bridgehead atoms. The maximum atomic E-state index is 12.8. The number of rotatable bonds is 3. The molecule has 0 radical (unpaired) electrons. The van der Waals surface area contributed by atoms with Gasteiger partial charge in [0.25, 0.3) is 0 Å². The number of hydrogen-bond acceptors (Lipinski definition) is 3. The molecule has 0 spiro atoms. The number of phenolic OH excluding ortho intramolecular Hbond substituents is 2. The van der Waals surface area contributed by atoms with Crippen LogP contribution in [0.5, 0.6) is 11.5 Å². The van der Waals surface area contributed by atoms with Crippen molar-refractivity contribution < 1.29 is 14.6 Å². The van der Waals surface area contributed by atoms with E-state index in [-0.39, 0.29) is 16.5 Å². The summed E-state index contributed by atoms with van der Waals surface area (Å²) in [5, 5.41) is 22.0. The Kier molecular flexibility index (Phi) is 3.58.